The van der Waals surface area contributed by atoms with E-state index in [1.54, 1.807) is 26.0 Å². The molecule has 2 aromatic carbocycles. The first-order valence-electron chi connectivity index (χ1n) is 10.6. The number of carbonyl (C=O) groups is 1. The van der Waals surface area contributed by atoms with Crippen molar-refractivity contribution in [3.8, 4) is 0 Å². The van der Waals surface area contributed by atoms with Crippen LogP contribution >= 0.6 is 0 Å². The Kier molecular flexibility index (Phi) is 8.20. The van der Waals surface area contributed by atoms with Crippen LogP contribution in [0.15, 0.2) is 59.5 Å². The molecule has 7 nitrogen and oxygen atoms in total. The number of ether oxygens (including phenoxy) is 1. The van der Waals surface area contributed by atoms with Crippen LogP contribution in [0.1, 0.15) is 31.9 Å². The smallest absolute Gasteiger partial charge is 0.240 e. The molecule has 0 spiro atoms. The molecule has 31 heavy (non-hydrogen) atoms. The standard InChI is InChI=1S/C23H31N3O4S/c1-18(2)23(27)25-20-9-11-21(12-10-20)31(28,29)24-13-6-14-26-15-16-30-22(17-26)19-7-4-3-5-8-19/h3-5,7-12,18,22,24H,6,13-17H2,1-2H3,(H,25,27)/t22-/m1/s1. The van der Waals surface area contributed by atoms with Gasteiger partial charge in [0, 0.05) is 31.2 Å². The second-order valence-electron chi connectivity index (χ2n) is 7.99. The van der Waals surface area contributed by atoms with E-state index in [4.69, 9.17) is 4.74 Å². The number of nitrogens with zero attached hydrogens (tertiary/aromatic N) is 1. The highest BCUT2D eigenvalue weighted by atomic mass is 32.2. The Morgan fingerprint density at radius 1 is 1.13 bits per heavy atom. The molecule has 1 fully saturated rings. The number of hydrogen-bond acceptors (Lipinski definition) is 5. The van der Waals surface area contributed by atoms with E-state index < -0.39 is 10.0 Å². The van der Waals surface area contributed by atoms with Crippen molar-refractivity contribution in [3.63, 3.8) is 0 Å². The third kappa shape index (κ3) is 6.87. The third-order valence-electron chi connectivity index (χ3n) is 5.22. The number of carbonyl (C=O) groups excluding carboxylic acids is 1. The Bertz CT molecular complexity index is 947. The van der Waals surface area contributed by atoms with Crippen molar-refractivity contribution in [2.24, 2.45) is 5.92 Å². The molecule has 2 aromatic rings. The van der Waals surface area contributed by atoms with Crippen molar-refractivity contribution in [3.05, 3.63) is 60.2 Å². The lowest BCUT2D eigenvalue weighted by atomic mass is 10.1. The largest absolute Gasteiger partial charge is 0.371 e. The molecule has 0 aliphatic carbocycles. The molecule has 0 bridgehead atoms. The summed E-state index contributed by atoms with van der Waals surface area (Å²) in [6.45, 7) is 7.09. The number of anilines is 1. The predicted octanol–water partition coefficient (Wildman–Crippen LogP) is 3.02. The summed E-state index contributed by atoms with van der Waals surface area (Å²) in [5, 5.41) is 2.75. The van der Waals surface area contributed by atoms with Crippen LogP contribution in [0.4, 0.5) is 5.69 Å². The number of rotatable bonds is 9. The first-order chi connectivity index (χ1) is 14.8. The minimum atomic E-state index is -3.58. The number of sulfonamides is 1. The maximum Gasteiger partial charge on any atom is 0.240 e. The van der Waals surface area contributed by atoms with Crippen molar-refractivity contribution in [2.45, 2.75) is 31.3 Å². The van der Waals surface area contributed by atoms with Gasteiger partial charge in [0.15, 0.2) is 0 Å². The van der Waals surface area contributed by atoms with Crippen LogP contribution in [-0.2, 0) is 19.6 Å². The molecule has 168 valence electrons. The quantitative estimate of drug-likeness (QED) is 0.580. The van der Waals surface area contributed by atoms with Crippen molar-refractivity contribution >= 4 is 21.6 Å². The fraction of sp³-hybridized carbons (Fsp3) is 0.435. The Balaban J connectivity index is 1.45. The zero-order valence-corrected chi connectivity index (χ0v) is 18.9. The summed E-state index contributed by atoms with van der Waals surface area (Å²) in [4.78, 5) is 14.2. The maximum atomic E-state index is 12.5. The van der Waals surface area contributed by atoms with Gasteiger partial charge in [-0.25, -0.2) is 13.1 Å². The van der Waals surface area contributed by atoms with E-state index in [9.17, 15) is 13.2 Å². The average molecular weight is 446 g/mol. The molecule has 8 heteroatoms. The topological polar surface area (TPSA) is 87.7 Å². The van der Waals surface area contributed by atoms with E-state index in [1.165, 1.54) is 17.7 Å². The van der Waals surface area contributed by atoms with Crippen LogP contribution in [-0.4, -0.2) is 52.0 Å². The number of amides is 1. The molecule has 1 heterocycles. The maximum absolute atomic E-state index is 12.5. The number of hydrogen-bond donors (Lipinski definition) is 2. The van der Waals surface area contributed by atoms with Gasteiger partial charge in [-0.05, 0) is 42.8 Å². The summed E-state index contributed by atoms with van der Waals surface area (Å²) >= 11 is 0. The third-order valence-corrected chi connectivity index (χ3v) is 6.70. The second kappa shape index (κ2) is 10.9. The van der Waals surface area contributed by atoms with Crippen LogP contribution in [0, 0.1) is 5.92 Å². The Morgan fingerprint density at radius 3 is 2.52 bits per heavy atom. The zero-order valence-electron chi connectivity index (χ0n) is 18.1. The molecule has 0 aromatic heterocycles. The van der Waals surface area contributed by atoms with Crippen molar-refractivity contribution in [1.82, 2.24) is 9.62 Å². The highest BCUT2D eigenvalue weighted by molar-refractivity contribution is 7.89. The number of benzene rings is 2. The molecule has 1 aliphatic heterocycles. The fourth-order valence-electron chi connectivity index (χ4n) is 3.37. The van der Waals surface area contributed by atoms with Gasteiger partial charge in [-0.2, -0.15) is 0 Å². The molecule has 3 rings (SSSR count). The molecule has 0 radical (unpaired) electrons. The highest BCUT2D eigenvalue weighted by Gasteiger charge is 2.21. The van der Waals surface area contributed by atoms with Gasteiger partial charge < -0.3 is 10.1 Å². The fourth-order valence-corrected chi connectivity index (χ4v) is 4.45. The highest BCUT2D eigenvalue weighted by Crippen LogP contribution is 2.22. The van der Waals surface area contributed by atoms with Gasteiger partial charge in [0.25, 0.3) is 0 Å². The number of morpholine rings is 1. The van der Waals surface area contributed by atoms with Gasteiger partial charge in [-0.1, -0.05) is 44.2 Å². The monoisotopic (exact) mass is 445 g/mol. The van der Waals surface area contributed by atoms with Gasteiger partial charge >= 0.3 is 0 Å². The lowest BCUT2D eigenvalue weighted by molar-refractivity contribution is -0.118. The second-order valence-corrected chi connectivity index (χ2v) is 9.76. The lowest BCUT2D eigenvalue weighted by Gasteiger charge is -2.33. The predicted molar refractivity (Wildman–Crippen MR) is 121 cm³/mol. The Hall–Kier alpha value is -2.26. The van der Waals surface area contributed by atoms with Gasteiger partial charge in [0.2, 0.25) is 15.9 Å². The molecule has 1 atom stereocenters. The molecule has 1 amide bonds. The summed E-state index contributed by atoms with van der Waals surface area (Å²) in [5.41, 5.74) is 1.75. The molecular weight excluding hydrogens is 414 g/mol. The first kappa shape index (κ1) is 23.4. The minimum absolute atomic E-state index is 0.0568. The van der Waals surface area contributed by atoms with Crippen LogP contribution in [0.25, 0.3) is 0 Å². The van der Waals surface area contributed by atoms with E-state index in [1.807, 2.05) is 18.2 Å². The van der Waals surface area contributed by atoms with Crippen molar-refractivity contribution in [2.75, 3.05) is 38.1 Å². The lowest BCUT2D eigenvalue weighted by Crippen LogP contribution is -2.39. The SMILES string of the molecule is CC(C)C(=O)Nc1ccc(S(=O)(=O)NCCCN2CCO[C@@H](c3ccccc3)C2)cc1. The summed E-state index contributed by atoms with van der Waals surface area (Å²) in [7, 11) is -3.58. The summed E-state index contributed by atoms with van der Waals surface area (Å²) in [6, 6.07) is 16.4. The molecule has 1 aliphatic rings. The zero-order chi connectivity index (χ0) is 22.3. The number of nitrogens with one attached hydrogen (secondary N) is 2. The van der Waals surface area contributed by atoms with Crippen LogP contribution in [0.2, 0.25) is 0 Å². The Labute approximate surface area is 184 Å². The molecular formula is C23H31N3O4S. The van der Waals surface area contributed by atoms with Gasteiger partial charge in [-0.3, -0.25) is 9.69 Å². The minimum Gasteiger partial charge on any atom is -0.371 e. The van der Waals surface area contributed by atoms with Crippen LogP contribution < -0.4 is 10.0 Å². The van der Waals surface area contributed by atoms with E-state index in [0.717, 1.165) is 19.6 Å². The van der Waals surface area contributed by atoms with E-state index in [-0.39, 0.29) is 22.8 Å². The van der Waals surface area contributed by atoms with E-state index in [2.05, 4.69) is 27.1 Å². The van der Waals surface area contributed by atoms with Gasteiger partial charge in [0.05, 0.1) is 17.6 Å². The average Bonchev–Trinajstić information content (AvgIpc) is 2.78. The van der Waals surface area contributed by atoms with Gasteiger partial charge in [0.1, 0.15) is 0 Å². The van der Waals surface area contributed by atoms with Gasteiger partial charge in [-0.15, -0.1) is 0 Å². The van der Waals surface area contributed by atoms with Crippen molar-refractivity contribution < 1.29 is 17.9 Å². The first-order valence-corrected chi connectivity index (χ1v) is 12.1. The summed E-state index contributed by atoms with van der Waals surface area (Å²) < 4.78 is 33.6. The molecule has 1 saturated heterocycles. The van der Waals surface area contributed by atoms with Crippen LogP contribution in [0.5, 0.6) is 0 Å². The molecule has 0 saturated carbocycles. The summed E-state index contributed by atoms with van der Waals surface area (Å²) in [5.74, 6) is -0.245. The Morgan fingerprint density at radius 2 is 1.84 bits per heavy atom. The summed E-state index contributed by atoms with van der Waals surface area (Å²) in [6.07, 6.45) is 0.768. The molecule has 2 N–H and O–H groups in total. The van der Waals surface area contributed by atoms with Crippen LogP contribution in [0.3, 0.4) is 0 Å². The van der Waals surface area contributed by atoms with E-state index >= 15 is 0 Å². The normalized spacial score (nSPS) is 17.6. The molecule has 0 unspecified atom stereocenters. The van der Waals surface area contributed by atoms with Crippen molar-refractivity contribution in [1.29, 1.82) is 0 Å². The van der Waals surface area contributed by atoms with E-state index in [0.29, 0.717) is 25.3 Å².